The smallest absolute Gasteiger partial charge is 0.339 e. The molecule has 2 aromatic rings. The molecule has 0 aromatic heterocycles. The molecule has 3 amide bonds. The lowest BCUT2D eigenvalue weighted by molar-refractivity contribution is -0.127. The van der Waals surface area contributed by atoms with Crippen LogP contribution in [0.25, 0.3) is 0 Å². The summed E-state index contributed by atoms with van der Waals surface area (Å²) in [7, 11) is 1.38. The molecule has 7 nitrogen and oxygen atoms in total. The number of imide groups is 1. The number of carbonyl (C=O) groups excluding carboxylic acids is 3. The molecule has 0 aliphatic heterocycles. The Labute approximate surface area is 151 Å². The van der Waals surface area contributed by atoms with Crippen LogP contribution in [0.2, 0.25) is 0 Å². The Bertz CT molecular complexity index is 777. The topological polar surface area (TPSA) is 93.7 Å². The van der Waals surface area contributed by atoms with Gasteiger partial charge in [-0.3, -0.25) is 10.1 Å². The van der Waals surface area contributed by atoms with Crippen LogP contribution in [0.15, 0.2) is 54.6 Å². The Balaban J connectivity index is 1.94. The van der Waals surface area contributed by atoms with Crippen LogP contribution in [-0.2, 0) is 16.1 Å². The zero-order valence-corrected chi connectivity index (χ0v) is 14.5. The van der Waals surface area contributed by atoms with E-state index < -0.39 is 24.0 Å². The lowest BCUT2D eigenvalue weighted by Gasteiger charge is -2.13. The van der Waals surface area contributed by atoms with E-state index >= 15 is 0 Å². The number of ether oxygens (including phenoxy) is 2. The summed E-state index contributed by atoms with van der Waals surface area (Å²) in [5.41, 5.74) is 1.25. The molecule has 136 valence electrons. The largest absolute Gasteiger partial charge is 0.489 e. The van der Waals surface area contributed by atoms with Gasteiger partial charge in [0.05, 0.1) is 5.56 Å². The third-order valence-corrected chi connectivity index (χ3v) is 3.43. The number of hydrogen-bond donors (Lipinski definition) is 2. The van der Waals surface area contributed by atoms with Crippen molar-refractivity contribution in [2.45, 2.75) is 19.6 Å². The van der Waals surface area contributed by atoms with E-state index in [0.717, 1.165) is 5.56 Å². The van der Waals surface area contributed by atoms with Crippen molar-refractivity contribution >= 4 is 17.9 Å². The first kappa shape index (κ1) is 19.0. The highest BCUT2D eigenvalue weighted by atomic mass is 16.5. The van der Waals surface area contributed by atoms with Gasteiger partial charge in [0.15, 0.2) is 6.10 Å². The summed E-state index contributed by atoms with van der Waals surface area (Å²) in [4.78, 5) is 35.0. The third-order valence-electron chi connectivity index (χ3n) is 3.43. The second-order valence-electron chi connectivity index (χ2n) is 5.42. The van der Waals surface area contributed by atoms with E-state index in [1.54, 1.807) is 18.2 Å². The zero-order valence-electron chi connectivity index (χ0n) is 14.5. The summed E-state index contributed by atoms with van der Waals surface area (Å²) in [6, 6.07) is 15.4. The molecule has 0 heterocycles. The fourth-order valence-corrected chi connectivity index (χ4v) is 2.01. The lowest BCUT2D eigenvalue weighted by Crippen LogP contribution is -2.43. The number of nitrogens with one attached hydrogen (secondary N) is 2. The van der Waals surface area contributed by atoms with Gasteiger partial charge < -0.3 is 14.8 Å². The van der Waals surface area contributed by atoms with Gasteiger partial charge in [0.1, 0.15) is 12.4 Å². The van der Waals surface area contributed by atoms with E-state index in [1.165, 1.54) is 20.0 Å². The van der Waals surface area contributed by atoms with Gasteiger partial charge in [0.25, 0.3) is 5.91 Å². The predicted octanol–water partition coefficient (Wildman–Crippen LogP) is 2.27. The molecular weight excluding hydrogens is 336 g/mol. The van der Waals surface area contributed by atoms with Gasteiger partial charge in [-0.15, -0.1) is 0 Å². The number of urea groups is 1. The zero-order chi connectivity index (χ0) is 18.9. The van der Waals surface area contributed by atoms with Gasteiger partial charge in [-0.2, -0.15) is 0 Å². The molecule has 2 aromatic carbocycles. The van der Waals surface area contributed by atoms with Crippen LogP contribution in [0.5, 0.6) is 5.75 Å². The van der Waals surface area contributed by atoms with Gasteiger partial charge in [-0.05, 0) is 30.7 Å². The summed E-state index contributed by atoms with van der Waals surface area (Å²) >= 11 is 0. The van der Waals surface area contributed by atoms with Crippen molar-refractivity contribution in [1.82, 2.24) is 10.6 Å². The van der Waals surface area contributed by atoms with Gasteiger partial charge >= 0.3 is 12.0 Å². The molecule has 2 N–H and O–H groups in total. The van der Waals surface area contributed by atoms with Gasteiger partial charge in [-0.25, -0.2) is 9.59 Å². The summed E-state index contributed by atoms with van der Waals surface area (Å²) in [6.45, 7) is 1.75. The molecule has 0 radical (unpaired) electrons. The number of hydrogen-bond acceptors (Lipinski definition) is 5. The van der Waals surface area contributed by atoms with Crippen molar-refractivity contribution in [3.63, 3.8) is 0 Å². The molecule has 0 aliphatic carbocycles. The fraction of sp³-hybridized carbons (Fsp3) is 0.211. The van der Waals surface area contributed by atoms with Crippen molar-refractivity contribution < 1.29 is 23.9 Å². The van der Waals surface area contributed by atoms with E-state index in [9.17, 15) is 14.4 Å². The minimum atomic E-state index is -1.12. The minimum Gasteiger partial charge on any atom is -0.489 e. The summed E-state index contributed by atoms with van der Waals surface area (Å²) in [6.07, 6.45) is -1.12. The normalized spacial score (nSPS) is 11.2. The predicted molar refractivity (Wildman–Crippen MR) is 94.7 cm³/mol. The number of esters is 1. The molecule has 0 bridgehead atoms. The van der Waals surface area contributed by atoms with Crippen molar-refractivity contribution in [2.24, 2.45) is 0 Å². The van der Waals surface area contributed by atoms with Crippen LogP contribution in [0.3, 0.4) is 0 Å². The molecule has 0 spiro atoms. The number of benzene rings is 2. The fourth-order valence-electron chi connectivity index (χ4n) is 2.01. The van der Waals surface area contributed by atoms with E-state index in [4.69, 9.17) is 9.47 Å². The molecular formula is C19H20N2O5. The third kappa shape index (κ3) is 5.62. The highest BCUT2D eigenvalue weighted by Gasteiger charge is 2.20. The van der Waals surface area contributed by atoms with Crippen molar-refractivity contribution in [3.05, 3.63) is 65.7 Å². The maximum absolute atomic E-state index is 12.2. The van der Waals surface area contributed by atoms with Crippen molar-refractivity contribution in [2.75, 3.05) is 7.05 Å². The summed E-state index contributed by atoms with van der Waals surface area (Å²) in [5.74, 6) is -0.894. The number of rotatable bonds is 6. The molecule has 0 saturated heterocycles. The molecule has 7 heteroatoms. The Morgan fingerprint density at radius 3 is 2.46 bits per heavy atom. The monoisotopic (exact) mass is 356 g/mol. The molecule has 26 heavy (non-hydrogen) atoms. The Kier molecular flexibility index (Phi) is 6.73. The first-order valence-corrected chi connectivity index (χ1v) is 8.00. The molecule has 1 atom stereocenters. The number of carbonyl (C=O) groups is 3. The van der Waals surface area contributed by atoms with Gasteiger partial charge in [0.2, 0.25) is 0 Å². The number of amides is 3. The SMILES string of the molecule is CNC(=O)NC(=O)[C@@H](C)OC(=O)c1cccc(OCc2ccccc2)c1. The van der Waals surface area contributed by atoms with Crippen molar-refractivity contribution in [3.8, 4) is 5.75 Å². The molecule has 0 unspecified atom stereocenters. The van der Waals surface area contributed by atoms with E-state index in [0.29, 0.717) is 12.4 Å². The van der Waals surface area contributed by atoms with Crippen LogP contribution >= 0.6 is 0 Å². The quantitative estimate of drug-likeness (QED) is 0.775. The molecule has 0 saturated carbocycles. The maximum Gasteiger partial charge on any atom is 0.339 e. The average Bonchev–Trinajstić information content (AvgIpc) is 2.67. The highest BCUT2D eigenvalue weighted by molar-refractivity contribution is 5.98. The van der Waals surface area contributed by atoms with Crippen LogP contribution in [0, 0.1) is 0 Å². The first-order chi connectivity index (χ1) is 12.5. The van der Waals surface area contributed by atoms with Gasteiger partial charge in [-0.1, -0.05) is 36.4 Å². The van der Waals surface area contributed by atoms with E-state index in [1.807, 2.05) is 35.6 Å². The van der Waals surface area contributed by atoms with Crippen LogP contribution in [0.4, 0.5) is 4.79 Å². The summed E-state index contributed by atoms with van der Waals surface area (Å²) < 4.78 is 10.7. The lowest BCUT2D eigenvalue weighted by atomic mass is 10.2. The second kappa shape index (κ2) is 9.22. The van der Waals surface area contributed by atoms with E-state index in [2.05, 4.69) is 5.32 Å². The van der Waals surface area contributed by atoms with Crippen molar-refractivity contribution in [1.29, 1.82) is 0 Å². The highest BCUT2D eigenvalue weighted by Crippen LogP contribution is 2.16. The summed E-state index contributed by atoms with van der Waals surface area (Å²) in [5, 5.41) is 4.29. The second-order valence-corrected chi connectivity index (χ2v) is 5.42. The van der Waals surface area contributed by atoms with Crippen LogP contribution < -0.4 is 15.4 Å². The van der Waals surface area contributed by atoms with Gasteiger partial charge in [0, 0.05) is 7.05 Å². The van der Waals surface area contributed by atoms with Crippen LogP contribution in [0.1, 0.15) is 22.8 Å². The van der Waals surface area contributed by atoms with Crippen LogP contribution in [-0.4, -0.2) is 31.1 Å². The minimum absolute atomic E-state index is 0.246. The van der Waals surface area contributed by atoms with E-state index in [-0.39, 0.29) is 5.56 Å². The Morgan fingerprint density at radius 2 is 1.77 bits per heavy atom. The maximum atomic E-state index is 12.2. The molecule has 2 rings (SSSR count). The Morgan fingerprint density at radius 1 is 1.04 bits per heavy atom. The first-order valence-electron chi connectivity index (χ1n) is 8.00. The Hall–Kier alpha value is -3.35. The standard InChI is InChI=1S/C19H20N2O5/c1-13(17(22)21-19(24)20-2)26-18(23)15-9-6-10-16(11-15)25-12-14-7-4-3-5-8-14/h3-11,13H,12H2,1-2H3,(H2,20,21,22,24)/t13-/m1/s1. The molecule has 0 aliphatic rings. The molecule has 0 fully saturated rings. The average molecular weight is 356 g/mol.